The van der Waals surface area contributed by atoms with Gasteiger partial charge in [-0.15, -0.1) is 11.3 Å². The monoisotopic (exact) mass is 213 g/mol. The maximum Gasteiger partial charge on any atom is 0.142 e. The lowest BCUT2D eigenvalue weighted by atomic mass is 10.3. The summed E-state index contributed by atoms with van der Waals surface area (Å²) in [5.41, 5.74) is 1.83. The van der Waals surface area contributed by atoms with E-state index in [9.17, 15) is 0 Å². The summed E-state index contributed by atoms with van der Waals surface area (Å²) in [4.78, 5) is 8.47. The Bertz CT molecular complexity index is 522. The van der Waals surface area contributed by atoms with Crippen LogP contribution < -0.4 is 0 Å². The Morgan fingerprint density at radius 2 is 2.33 bits per heavy atom. The minimum atomic E-state index is 0.383. The molecule has 2 aromatic heterocycles. The first kappa shape index (κ1) is 9.56. The molecule has 0 aliphatic carbocycles. The Kier molecular flexibility index (Phi) is 2.57. The van der Waals surface area contributed by atoms with E-state index in [-0.39, 0.29) is 0 Å². The highest BCUT2D eigenvalue weighted by atomic mass is 32.1. The van der Waals surface area contributed by atoms with Gasteiger partial charge in [-0.3, -0.25) is 4.98 Å². The third-order valence-electron chi connectivity index (χ3n) is 1.83. The van der Waals surface area contributed by atoms with Crippen molar-refractivity contribution in [2.45, 2.75) is 0 Å². The van der Waals surface area contributed by atoms with E-state index in [2.05, 4.69) is 16.5 Å². The second kappa shape index (κ2) is 4.03. The summed E-state index contributed by atoms with van der Waals surface area (Å²) in [6.07, 6.45) is 1.72. The Morgan fingerprint density at radius 1 is 1.47 bits per heavy atom. The third kappa shape index (κ3) is 1.92. The second-order valence-electron chi connectivity index (χ2n) is 2.84. The highest BCUT2D eigenvalue weighted by molar-refractivity contribution is 7.13. The fourth-order valence-electron chi connectivity index (χ4n) is 1.08. The summed E-state index contributed by atoms with van der Waals surface area (Å²) in [5, 5.41) is 11.3. The number of hydrogen-bond acceptors (Lipinski definition) is 4. The summed E-state index contributed by atoms with van der Waals surface area (Å²) in [5.74, 6) is 0. The molecule has 2 heterocycles. The molecule has 0 saturated heterocycles. The molecule has 2 rings (SSSR count). The second-order valence-corrected chi connectivity index (χ2v) is 3.70. The Hall–Kier alpha value is -1.99. The molecule has 4 heteroatoms. The van der Waals surface area contributed by atoms with E-state index in [0.717, 1.165) is 10.7 Å². The van der Waals surface area contributed by atoms with Crippen LogP contribution in [0.5, 0.6) is 0 Å². The van der Waals surface area contributed by atoms with Gasteiger partial charge in [-0.2, -0.15) is 5.26 Å². The molecule has 15 heavy (non-hydrogen) atoms. The Balaban J connectivity index is 2.37. The third-order valence-corrected chi connectivity index (χ3v) is 2.70. The maximum absolute atomic E-state index is 8.67. The summed E-state index contributed by atoms with van der Waals surface area (Å²) >= 11 is 1.46. The van der Waals surface area contributed by atoms with Crippen molar-refractivity contribution in [1.29, 1.82) is 5.26 Å². The van der Waals surface area contributed by atoms with E-state index in [1.165, 1.54) is 11.3 Å². The van der Waals surface area contributed by atoms with Crippen molar-refractivity contribution < 1.29 is 0 Å². The van der Waals surface area contributed by atoms with Gasteiger partial charge in [0.2, 0.25) is 0 Å². The lowest BCUT2D eigenvalue weighted by molar-refractivity contribution is 1.28. The van der Waals surface area contributed by atoms with Crippen LogP contribution in [-0.4, -0.2) is 9.97 Å². The fourth-order valence-corrected chi connectivity index (χ4v) is 1.89. The fraction of sp³-hybridized carbons (Fsp3) is 0. The molecule has 0 amide bonds. The summed E-state index contributed by atoms with van der Waals surface area (Å²) in [6, 6.07) is 7.62. The number of pyridine rings is 1. The molecule has 0 atom stereocenters. The lowest BCUT2D eigenvalue weighted by Gasteiger charge is -1.92. The molecular weight excluding hydrogens is 206 g/mol. The van der Waals surface area contributed by atoms with Gasteiger partial charge in [-0.1, -0.05) is 12.6 Å². The Morgan fingerprint density at radius 3 is 3.00 bits per heavy atom. The molecule has 0 radical (unpaired) electrons. The zero-order chi connectivity index (χ0) is 10.7. The van der Waals surface area contributed by atoms with E-state index in [0.29, 0.717) is 11.3 Å². The van der Waals surface area contributed by atoms with Crippen LogP contribution in [0.3, 0.4) is 0 Å². The first-order valence-electron chi connectivity index (χ1n) is 4.27. The van der Waals surface area contributed by atoms with Gasteiger partial charge in [-0.05, 0) is 12.1 Å². The number of nitrogens with zero attached hydrogens (tertiary/aromatic N) is 3. The van der Waals surface area contributed by atoms with E-state index in [4.69, 9.17) is 5.26 Å². The smallest absolute Gasteiger partial charge is 0.142 e. The van der Waals surface area contributed by atoms with Gasteiger partial charge in [0.1, 0.15) is 11.1 Å². The van der Waals surface area contributed by atoms with Crippen molar-refractivity contribution in [1.82, 2.24) is 9.97 Å². The first-order valence-corrected chi connectivity index (χ1v) is 5.15. The number of hydrogen-bond donors (Lipinski definition) is 0. The number of thiazole rings is 1. The van der Waals surface area contributed by atoms with Crippen molar-refractivity contribution in [3.05, 3.63) is 42.0 Å². The predicted molar refractivity (Wildman–Crippen MR) is 60.0 cm³/mol. The number of nitriles is 1. The standard InChI is InChI=1S/C11H7N3S/c1-8(6-12)10-7-15-11(14-10)9-4-2-3-5-13-9/h2-5,7H,1H2. The van der Waals surface area contributed by atoms with E-state index in [1.54, 1.807) is 6.20 Å². The molecule has 2 aromatic rings. The highest BCUT2D eigenvalue weighted by Crippen LogP contribution is 2.23. The molecule has 72 valence electrons. The average Bonchev–Trinajstić information content (AvgIpc) is 2.78. The van der Waals surface area contributed by atoms with Gasteiger partial charge in [-0.25, -0.2) is 4.98 Å². The quantitative estimate of drug-likeness (QED) is 0.721. The number of rotatable bonds is 2. The van der Waals surface area contributed by atoms with Crippen LogP contribution in [0.2, 0.25) is 0 Å². The molecular formula is C11H7N3S. The normalized spacial score (nSPS) is 9.53. The SMILES string of the molecule is C=C(C#N)c1csc(-c2ccccn2)n1. The summed E-state index contributed by atoms with van der Waals surface area (Å²) in [6.45, 7) is 3.61. The van der Waals surface area contributed by atoms with Gasteiger partial charge >= 0.3 is 0 Å². The first-order chi connectivity index (χ1) is 7.31. The molecule has 0 aliphatic heterocycles. The highest BCUT2D eigenvalue weighted by Gasteiger charge is 2.06. The van der Waals surface area contributed by atoms with Gasteiger partial charge < -0.3 is 0 Å². The number of allylic oxidation sites excluding steroid dienone is 1. The molecule has 0 spiro atoms. The minimum absolute atomic E-state index is 0.383. The topological polar surface area (TPSA) is 49.6 Å². The van der Waals surface area contributed by atoms with Crippen LogP contribution in [0.4, 0.5) is 0 Å². The minimum Gasteiger partial charge on any atom is -0.254 e. The average molecular weight is 213 g/mol. The molecule has 0 saturated carbocycles. The molecule has 0 unspecified atom stereocenters. The summed E-state index contributed by atoms with van der Waals surface area (Å²) < 4.78 is 0. The van der Waals surface area contributed by atoms with E-state index >= 15 is 0 Å². The van der Waals surface area contributed by atoms with E-state index < -0.39 is 0 Å². The van der Waals surface area contributed by atoms with Crippen molar-refractivity contribution in [2.24, 2.45) is 0 Å². The van der Waals surface area contributed by atoms with Crippen molar-refractivity contribution >= 4 is 16.9 Å². The molecule has 0 bridgehead atoms. The van der Waals surface area contributed by atoms with Crippen molar-refractivity contribution in [3.8, 4) is 16.8 Å². The molecule has 0 fully saturated rings. The van der Waals surface area contributed by atoms with Crippen LogP contribution in [0.25, 0.3) is 16.3 Å². The molecule has 0 aromatic carbocycles. The zero-order valence-electron chi connectivity index (χ0n) is 7.84. The van der Waals surface area contributed by atoms with Crippen LogP contribution in [-0.2, 0) is 0 Å². The van der Waals surface area contributed by atoms with Crippen LogP contribution >= 0.6 is 11.3 Å². The van der Waals surface area contributed by atoms with Gasteiger partial charge in [0.05, 0.1) is 17.0 Å². The summed E-state index contributed by atoms with van der Waals surface area (Å²) in [7, 11) is 0. The molecule has 0 aliphatic rings. The van der Waals surface area contributed by atoms with Gasteiger partial charge in [0.25, 0.3) is 0 Å². The predicted octanol–water partition coefficient (Wildman–Crippen LogP) is 2.74. The van der Waals surface area contributed by atoms with Gasteiger partial charge in [0, 0.05) is 11.6 Å². The Labute approximate surface area is 91.4 Å². The zero-order valence-corrected chi connectivity index (χ0v) is 8.66. The van der Waals surface area contributed by atoms with E-state index in [1.807, 2.05) is 29.6 Å². The lowest BCUT2D eigenvalue weighted by Crippen LogP contribution is -1.82. The maximum atomic E-state index is 8.67. The molecule has 3 nitrogen and oxygen atoms in total. The number of aromatic nitrogens is 2. The largest absolute Gasteiger partial charge is 0.254 e. The van der Waals surface area contributed by atoms with Crippen LogP contribution in [0.1, 0.15) is 5.69 Å². The van der Waals surface area contributed by atoms with Gasteiger partial charge in [0.15, 0.2) is 0 Å². The van der Waals surface area contributed by atoms with Crippen molar-refractivity contribution in [2.75, 3.05) is 0 Å². The van der Waals surface area contributed by atoms with Crippen LogP contribution in [0.15, 0.2) is 36.4 Å². The van der Waals surface area contributed by atoms with Crippen LogP contribution in [0, 0.1) is 11.3 Å². The molecule has 0 N–H and O–H groups in total. The van der Waals surface area contributed by atoms with Crippen molar-refractivity contribution in [3.63, 3.8) is 0 Å².